The number of nitrogens with zero attached hydrogens (tertiary/aromatic N) is 3. The third-order valence-electron chi connectivity index (χ3n) is 4.75. The number of ether oxygens (including phenoxy) is 1. The molecule has 2 aromatic heterocycles. The largest absolute Gasteiger partial charge is 0.370 e. The highest BCUT2D eigenvalue weighted by atomic mass is 32.1. The highest BCUT2D eigenvalue weighted by molar-refractivity contribution is 7.19. The van der Waals surface area contributed by atoms with E-state index in [1.54, 1.807) is 0 Å². The number of hydrogen-bond acceptors (Lipinski definition) is 6. The maximum atomic E-state index is 8.81. The average molecular weight is 344 g/mol. The molecule has 1 aliphatic heterocycles. The molecule has 126 valence electrons. The van der Waals surface area contributed by atoms with Gasteiger partial charge in [0.2, 0.25) is 0 Å². The number of morpholine rings is 1. The maximum Gasteiger partial charge on any atom is 0.187 e. The molecule has 0 spiro atoms. The summed E-state index contributed by atoms with van der Waals surface area (Å²) in [5, 5.41) is 13.4. The molecular formula is C17H22N5OS+. The van der Waals surface area contributed by atoms with Crippen molar-refractivity contribution in [2.24, 2.45) is 0 Å². The second kappa shape index (κ2) is 7.01. The Morgan fingerprint density at radius 1 is 1.25 bits per heavy atom. The highest BCUT2D eigenvalue weighted by Crippen LogP contribution is 2.39. The molecule has 6 nitrogen and oxygen atoms in total. The predicted octanol–water partition coefficient (Wildman–Crippen LogP) is 0.921. The van der Waals surface area contributed by atoms with Crippen molar-refractivity contribution in [2.75, 3.05) is 38.2 Å². The molecular weight excluding hydrogens is 322 g/mol. The van der Waals surface area contributed by atoms with Gasteiger partial charge in [-0.1, -0.05) is 0 Å². The molecule has 2 aliphatic rings. The molecule has 4 rings (SSSR count). The van der Waals surface area contributed by atoms with Crippen LogP contribution >= 0.6 is 11.3 Å². The van der Waals surface area contributed by atoms with Crippen LogP contribution in [0.5, 0.6) is 0 Å². The first-order valence-electron chi connectivity index (χ1n) is 8.68. The molecule has 1 fully saturated rings. The molecule has 0 amide bonds. The first-order chi connectivity index (χ1) is 11.8. The topological polar surface area (TPSA) is 75.3 Å². The predicted molar refractivity (Wildman–Crippen MR) is 93.4 cm³/mol. The summed E-state index contributed by atoms with van der Waals surface area (Å²) in [6.07, 6.45) is 4.01. The van der Waals surface area contributed by atoms with E-state index in [0.717, 1.165) is 62.2 Å². The third-order valence-corrected chi connectivity index (χ3v) is 5.93. The standard InChI is InChI=1S/C17H21N5OS/c18-5-2-6-19-16-15-12-3-1-4-13(12)24-17(15)21-14(20-16)11-22-7-9-23-10-8-22/h1-4,6-11H2,(H,19,20,21)/p+1. The van der Waals surface area contributed by atoms with Crippen LogP contribution in [0.3, 0.4) is 0 Å². The minimum atomic E-state index is 0.488. The van der Waals surface area contributed by atoms with Crippen LogP contribution < -0.4 is 10.2 Å². The third kappa shape index (κ3) is 3.09. The van der Waals surface area contributed by atoms with Gasteiger partial charge in [-0.05, 0) is 24.8 Å². The van der Waals surface area contributed by atoms with Gasteiger partial charge < -0.3 is 15.0 Å². The zero-order valence-corrected chi connectivity index (χ0v) is 14.5. The van der Waals surface area contributed by atoms with Crippen LogP contribution in [0, 0.1) is 11.3 Å². The lowest BCUT2D eigenvalue weighted by molar-refractivity contribution is -0.922. The lowest BCUT2D eigenvalue weighted by Gasteiger charge is -2.23. The molecule has 0 saturated carbocycles. The van der Waals surface area contributed by atoms with Crippen LogP contribution in [-0.4, -0.2) is 42.8 Å². The lowest BCUT2D eigenvalue weighted by atomic mass is 10.2. The number of aryl methyl sites for hydroxylation is 2. The van der Waals surface area contributed by atoms with Crippen LogP contribution in [0.4, 0.5) is 5.82 Å². The molecule has 0 unspecified atom stereocenters. The van der Waals surface area contributed by atoms with E-state index in [1.807, 2.05) is 11.3 Å². The Balaban J connectivity index is 1.66. The first-order valence-corrected chi connectivity index (χ1v) is 9.50. The monoisotopic (exact) mass is 344 g/mol. The molecule has 0 atom stereocenters. The van der Waals surface area contributed by atoms with Gasteiger partial charge >= 0.3 is 0 Å². The molecule has 1 saturated heterocycles. The normalized spacial score (nSPS) is 17.8. The number of fused-ring (bicyclic) bond motifs is 3. The summed E-state index contributed by atoms with van der Waals surface area (Å²) in [4.78, 5) is 13.8. The van der Waals surface area contributed by atoms with E-state index in [1.165, 1.54) is 27.1 Å². The Hall–Kier alpha value is -1.75. The summed E-state index contributed by atoms with van der Waals surface area (Å²) in [7, 11) is 0. The van der Waals surface area contributed by atoms with Crippen molar-refractivity contribution < 1.29 is 9.64 Å². The summed E-state index contributed by atoms with van der Waals surface area (Å²) in [5.74, 6) is 1.83. The smallest absolute Gasteiger partial charge is 0.187 e. The van der Waals surface area contributed by atoms with Crippen molar-refractivity contribution in [3.05, 3.63) is 16.3 Å². The van der Waals surface area contributed by atoms with Crippen LogP contribution in [0.1, 0.15) is 29.1 Å². The van der Waals surface area contributed by atoms with Gasteiger partial charge in [0, 0.05) is 11.4 Å². The minimum Gasteiger partial charge on any atom is -0.370 e. The van der Waals surface area contributed by atoms with Gasteiger partial charge in [0.15, 0.2) is 5.82 Å². The second-order valence-corrected chi connectivity index (χ2v) is 7.48. The maximum absolute atomic E-state index is 8.81. The number of nitrogens with one attached hydrogen (secondary N) is 2. The van der Waals surface area contributed by atoms with Crippen LogP contribution in [-0.2, 0) is 24.1 Å². The van der Waals surface area contributed by atoms with Crippen molar-refractivity contribution in [2.45, 2.75) is 32.2 Å². The fourth-order valence-corrected chi connectivity index (χ4v) is 4.82. The van der Waals surface area contributed by atoms with Gasteiger partial charge in [0.25, 0.3) is 0 Å². The van der Waals surface area contributed by atoms with E-state index in [2.05, 4.69) is 11.4 Å². The molecule has 2 aromatic rings. The number of anilines is 1. The van der Waals surface area contributed by atoms with Gasteiger partial charge in [-0.15, -0.1) is 11.3 Å². The lowest BCUT2D eigenvalue weighted by Crippen LogP contribution is -3.12. The SMILES string of the molecule is N#CCCNc1nc(C[NH+]2CCOCC2)nc2sc3c(c12)CCC3. The van der Waals surface area contributed by atoms with Crippen LogP contribution in [0.2, 0.25) is 0 Å². The zero-order valence-electron chi connectivity index (χ0n) is 13.7. The molecule has 0 radical (unpaired) electrons. The fourth-order valence-electron chi connectivity index (χ4n) is 3.54. The van der Waals surface area contributed by atoms with Crippen LogP contribution in [0.25, 0.3) is 10.2 Å². The number of aromatic nitrogens is 2. The molecule has 3 heterocycles. The number of quaternary nitrogens is 1. The highest BCUT2D eigenvalue weighted by Gasteiger charge is 2.23. The molecule has 24 heavy (non-hydrogen) atoms. The van der Waals surface area contributed by atoms with E-state index < -0.39 is 0 Å². The summed E-state index contributed by atoms with van der Waals surface area (Å²) >= 11 is 1.83. The summed E-state index contributed by atoms with van der Waals surface area (Å²) in [5.41, 5.74) is 1.43. The first kappa shape index (κ1) is 15.8. The molecule has 0 aromatic carbocycles. The van der Waals surface area contributed by atoms with Crippen molar-refractivity contribution in [1.82, 2.24) is 9.97 Å². The van der Waals surface area contributed by atoms with Crippen LogP contribution in [0.15, 0.2) is 0 Å². The summed E-state index contributed by atoms with van der Waals surface area (Å²) in [6, 6.07) is 2.19. The van der Waals surface area contributed by atoms with Crippen molar-refractivity contribution in [3.8, 4) is 6.07 Å². The van der Waals surface area contributed by atoms with E-state index in [0.29, 0.717) is 13.0 Å². The molecule has 1 aliphatic carbocycles. The Morgan fingerprint density at radius 2 is 2.12 bits per heavy atom. The average Bonchev–Trinajstić information content (AvgIpc) is 3.16. The number of hydrogen-bond donors (Lipinski definition) is 2. The van der Waals surface area contributed by atoms with Gasteiger partial charge in [0.05, 0.1) is 31.1 Å². The zero-order chi connectivity index (χ0) is 16.4. The fraction of sp³-hybridized carbons (Fsp3) is 0.588. The molecule has 0 bridgehead atoms. The Labute approximate surface area is 145 Å². The van der Waals surface area contributed by atoms with Gasteiger partial charge in [-0.25, -0.2) is 9.97 Å². The van der Waals surface area contributed by atoms with Gasteiger partial charge in [-0.2, -0.15) is 5.26 Å². The van der Waals surface area contributed by atoms with Crippen molar-refractivity contribution >= 4 is 27.4 Å². The Bertz CT molecular complexity index is 775. The number of nitriles is 1. The number of thiophene rings is 1. The summed E-state index contributed by atoms with van der Waals surface area (Å²) < 4.78 is 5.44. The minimum absolute atomic E-state index is 0.488. The molecule has 2 N–H and O–H groups in total. The van der Waals surface area contributed by atoms with Gasteiger partial charge in [-0.3, -0.25) is 0 Å². The van der Waals surface area contributed by atoms with Gasteiger partial charge in [0.1, 0.15) is 30.3 Å². The van der Waals surface area contributed by atoms with E-state index in [4.69, 9.17) is 20.0 Å². The second-order valence-electron chi connectivity index (χ2n) is 6.40. The molecule has 7 heteroatoms. The van der Waals surface area contributed by atoms with E-state index in [-0.39, 0.29) is 0 Å². The van der Waals surface area contributed by atoms with E-state index in [9.17, 15) is 0 Å². The van der Waals surface area contributed by atoms with Crippen molar-refractivity contribution in [3.63, 3.8) is 0 Å². The van der Waals surface area contributed by atoms with Crippen molar-refractivity contribution in [1.29, 1.82) is 5.26 Å². The van der Waals surface area contributed by atoms with E-state index >= 15 is 0 Å². The quantitative estimate of drug-likeness (QED) is 0.789. The number of rotatable bonds is 5. The summed E-state index contributed by atoms with van der Waals surface area (Å²) in [6.45, 7) is 5.14. The Kier molecular flexibility index (Phi) is 4.60. The Morgan fingerprint density at radius 3 is 2.96 bits per heavy atom.